The predicted octanol–water partition coefficient (Wildman–Crippen LogP) is 3.53. The van der Waals surface area contributed by atoms with Crippen molar-refractivity contribution in [1.82, 2.24) is 5.32 Å². The monoisotopic (exact) mass is 316 g/mol. The Morgan fingerprint density at radius 2 is 1.91 bits per heavy atom. The van der Waals surface area contributed by atoms with E-state index in [-0.39, 0.29) is 5.91 Å². The first kappa shape index (κ1) is 16.4. The molecular formula is C18H21ClN2O. The number of nitrogens with one attached hydrogen (secondary N) is 1. The molecule has 0 bridgehead atoms. The molecule has 4 heteroatoms. The normalized spacial score (nSPS) is 10.3. The van der Waals surface area contributed by atoms with Gasteiger partial charge in [-0.3, -0.25) is 4.79 Å². The molecule has 0 aliphatic heterocycles. The van der Waals surface area contributed by atoms with Crippen LogP contribution in [-0.4, -0.2) is 26.0 Å². The first-order chi connectivity index (χ1) is 10.6. The summed E-state index contributed by atoms with van der Waals surface area (Å²) in [6.07, 6.45) is 1.28. The number of hydrogen-bond acceptors (Lipinski definition) is 2. The smallest absolute Gasteiger partial charge is 0.224 e. The van der Waals surface area contributed by atoms with E-state index in [2.05, 4.69) is 29.4 Å². The van der Waals surface area contributed by atoms with E-state index in [0.29, 0.717) is 18.0 Å². The average molecular weight is 317 g/mol. The van der Waals surface area contributed by atoms with Gasteiger partial charge in [-0.1, -0.05) is 41.9 Å². The largest absolute Gasteiger partial charge is 0.375 e. The molecule has 0 radical (unpaired) electrons. The van der Waals surface area contributed by atoms with Crippen molar-refractivity contribution < 1.29 is 4.79 Å². The zero-order valence-corrected chi connectivity index (χ0v) is 13.5. The lowest BCUT2D eigenvalue weighted by Crippen LogP contribution is -2.29. The molecule has 22 heavy (non-hydrogen) atoms. The Balaban J connectivity index is 1.67. The van der Waals surface area contributed by atoms with Crippen LogP contribution in [0.15, 0.2) is 54.6 Å². The standard InChI is InChI=1S/C18H21ClN2O/c1-21(17-9-3-2-4-10-17)12-6-11-20-18(22)14-15-7-5-8-16(19)13-15/h2-5,7-10,13H,6,11-12,14H2,1H3,(H,20,22). The van der Waals surface area contributed by atoms with Crippen LogP contribution in [0, 0.1) is 0 Å². The minimum atomic E-state index is 0.0321. The molecule has 0 heterocycles. The minimum absolute atomic E-state index is 0.0321. The number of carbonyl (C=O) groups excluding carboxylic acids is 1. The Morgan fingerprint density at radius 1 is 1.14 bits per heavy atom. The van der Waals surface area contributed by atoms with Gasteiger partial charge in [0.1, 0.15) is 0 Å². The van der Waals surface area contributed by atoms with E-state index in [1.807, 2.05) is 42.5 Å². The summed E-state index contributed by atoms with van der Waals surface area (Å²) in [5, 5.41) is 3.61. The molecule has 2 aromatic carbocycles. The molecule has 0 spiro atoms. The topological polar surface area (TPSA) is 32.3 Å². The molecule has 1 N–H and O–H groups in total. The maximum Gasteiger partial charge on any atom is 0.224 e. The number of rotatable bonds is 7. The molecule has 0 saturated carbocycles. The minimum Gasteiger partial charge on any atom is -0.375 e. The quantitative estimate of drug-likeness (QED) is 0.793. The average Bonchev–Trinajstić information content (AvgIpc) is 2.52. The highest BCUT2D eigenvalue weighted by atomic mass is 35.5. The van der Waals surface area contributed by atoms with Gasteiger partial charge in [0.25, 0.3) is 0 Å². The lowest BCUT2D eigenvalue weighted by molar-refractivity contribution is -0.120. The van der Waals surface area contributed by atoms with E-state index in [1.165, 1.54) is 5.69 Å². The van der Waals surface area contributed by atoms with Crippen LogP contribution in [0.5, 0.6) is 0 Å². The second kappa shape index (κ2) is 8.44. The molecule has 0 unspecified atom stereocenters. The fourth-order valence-corrected chi connectivity index (χ4v) is 2.46. The van der Waals surface area contributed by atoms with Crippen molar-refractivity contribution in [3.05, 3.63) is 65.2 Å². The summed E-state index contributed by atoms with van der Waals surface area (Å²) in [6, 6.07) is 17.6. The van der Waals surface area contributed by atoms with Crippen LogP contribution in [0.3, 0.4) is 0 Å². The van der Waals surface area contributed by atoms with Crippen molar-refractivity contribution in [2.75, 3.05) is 25.0 Å². The third-order valence-electron chi connectivity index (χ3n) is 3.44. The summed E-state index contributed by atoms with van der Waals surface area (Å²) in [5.41, 5.74) is 2.12. The molecule has 0 aromatic heterocycles. The van der Waals surface area contributed by atoms with Gasteiger partial charge in [-0.2, -0.15) is 0 Å². The number of carbonyl (C=O) groups is 1. The van der Waals surface area contributed by atoms with Gasteiger partial charge in [-0.25, -0.2) is 0 Å². The van der Waals surface area contributed by atoms with Crippen molar-refractivity contribution in [3.8, 4) is 0 Å². The van der Waals surface area contributed by atoms with Crippen LogP contribution < -0.4 is 10.2 Å². The summed E-state index contributed by atoms with van der Waals surface area (Å²) >= 11 is 5.91. The number of benzene rings is 2. The third kappa shape index (κ3) is 5.41. The molecule has 3 nitrogen and oxygen atoms in total. The summed E-state index contributed by atoms with van der Waals surface area (Å²) in [4.78, 5) is 14.1. The summed E-state index contributed by atoms with van der Waals surface area (Å²) in [6.45, 7) is 1.58. The Morgan fingerprint density at radius 3 is 2.64 bits per heavy atom. The van der Waals surface area contributed by atoms with E-state index in [1.54, 1.807) is 0 Å². The van der Waals surface area contributed by atoms with Gasteiger partial charge in [0.05, 0.1) is 6.42 Å². The number of hydrogen-bond donors (Lipinski definition) is 1. The number of para-hydroxylation sites is 1. The Hall–Kier alpha value is -2.00. The molecule has 0 fully saturated rings. The van der Waals surface area contributed by atoms with Crippen LogP contribution in [-0.2, 0) is 11.2 Å². The molecule has 0 saturated heterocycles. The second-order valence-electron chi connectivity index (χ2n) is 5.27. The van der Waals surface area contributed by atoms with Gasteiger partial charge in [0.15, 0.2) is 0 Å². The maximum absolute atomic E-state index is 11.9. The van der Waals surface area contributed by atoms with Crippen molar-refractivity contribution in [1.29, 1.82) is 0 Å². The molecule has 2 aromatic rings. The Kier molecular flexibility index (Phi) is 6.28. The SMILES string of the molecule is CN(CCCNC(=O)Cc1cccc(Cl)c1)c1ccccc1. The van der Waals surface area contributed by atoms with E-state index in [4.69, 9.17) is 11.6 Å². The van der Waals surface area contributed by atoms with E-state index in [0.717, 1.165) is 18.5 Å². The van der Waals surface area contributed by atoms with E-state index in [9.17, 15) is 4.79 Å². The van der Waals surface area contributed by atoms with Crippen molar-refractivity contribution >= 4 is 23.2 Å². The lowest BCUT2D eigenvalue weighted by Gasteiger charge is -2.19. The maximum atomic E-state index is 11.9. The van der Waals surface area contributed by atoms with Gasteiger partial charge in [-0.15, -0.1) is 0 Å². The van der Waals surface area contributed by atoms with Crippen LogP contribution in [0.2, 0.25) is 5.02 Å². The molecule has 0 aliphatic carbocycles. The summed E-state index contributed by atoms with van der Waals surface area (Å²) in [7, 11) is 2.06. The fraction of sp³-hybridized carbons (Fsp3) is 0.278. The van der Waals surface area contributed by atoms with E-state index < -0.39 is 0 Å². The van der Waals surface area contributed by atoms with Crippen molar-refractivity contribution in [2.24, 2.45) is 0 Å². The van der Waals surface area contributed by atoms with Gasteiger partial charge < -0.3 is 10.2 Å². The van der Waals surface area contributed by atoms with Crippen molar-refractivity contribution in [3.63, 3.8) is 0 Å². The molecule has 0 aliphatic rings. The first-order valence-electron chi connectivity index (χ1n) is 7.42. The highest BCUT2D eigenvalue weighted by Crippen LogP contribution is 2.12. The third-order valence-corrected chi connectivity index (χ3v) is 3.68. The predicted molar refractivity (Wildman–Crippen MR) is 92.5 cm³/mol. The highest BCUT2D eigenvalue weighted by Gasteiger charge is 2.04. The number of nitrogens with zero attached hydrogens (tertiary/aromatic N) is 1. The zero-order valence-electron chi connectivity index (χ0n) is 12.8. The van der Waals surface area contributed by atoms with Gasteiger partial charge in [0.2, 0.25) is 5.91 Å². The first-order valence-corrected chi connectivity index (χ1v) is 7.80. The summed E-state index contributed by atoms with van der Waals surface area (Å²) < 4.78 is 0. The molecule has 2 rings (SSSR count). The Labute approximate surface area is 136 Å². The second-order valence-corrected chi connectivity index (χ2v) is 5.70. The molecule has 1 amide bonds. The molecular weight excluding hydrogens is 296 g/mol. The summed E-state index contributed by atoms with van der Waals surface area (Å²) in [5.74, 6) is 0.0321. The van der Waals surface area contributed by atoms with Crippen LogP contribution in [0.1, 0.15) is 12.0 Å². The highest BCUT2D eigenvalue weighted by molar-refractivity contribution is 6.30. The Bertz CT molecular complexity index is 601. The number of halogens is 1. The van der Waals surface area contributed by atoms with E-state index >= 15 is 0 Å². The lowest BCUT2D eigenvalue weighted by atomic mass is 10.1. The number of anilines is 1. The molecule has 0 atom stereocenters. The number of amides is 1. The van der Waals surface area contributed by atoms with Crippen LogP contribution >= 0.6 is 11.6 Å². The van der Waals surface area contributed by atoms with Crippen molar-refractivity contribution in [2.45, 2.75) is 12.8 Å². The zero-order chi connectivity index (χ0) is 15.8. The van der Waals surface area contributed by atoms with Gasteiger partial charge >= 0.3 is 0 Å². The van der Waals surface area contributed by atoms with Gasteiger partial charge in [-0.05, 0) is 36.2 Å². The van der Waals surface area contributed by atoms with Crippen LogP contribution in [0.4, 0.5) is 5.69 Å². The fourth-order valence-electron chi connectivity index (χ4n) is 2.25. The van der Waals surface area contributed by atoms with Crippen LogP contribution in [0.25, 0.3) is 0 Å². The van der Waals surface area contributed by atoms with Gasteiger partial charge in [0, 0.05) is 30.8 Å². The molecule has 116 valence electrons.